The maximum absolute atomic E-state index is 12.6. The summed E-state index contributed by atoms with van der Waals surface area (Å²) in [4.78, 5) is 28.9. The zero-order valence-corrected chi connectivity index (χ0v) is 12.7. The first-order chi connectivity index (χ1) is 10.6. The van der Waals surface area contributed by atoms with Crippen LogP contribution >= 0.6 is 0 Å². The van der Waals surface area contributed by atoms with E-state index in [4.69, 9.17) is 4.74 Å². The summed E-state index contributed by atoms with van der Waals surface area (Å²) in [6.07, 6.45) is 0.787. The van der Waals surface area contributed by atoms with Crippen LogP contribution in [0.2, 0.25) is 0 Å². The number of rotatable bonds is 2. The van der Waals surface area contributed by atoms with Crippen LogP contribution in [0.25, 0.3) is 0 Å². The molecule has 1 aromatic heterocycles. The molecule has 0 aliphatic carbocycles. The van der Waals surface area contributed by atoms with Crippen molar-refractivity contribution >= 4 is 5.91 Å². The van der Waals surface area contributed by atoms with Gasteiger partial charge in [-0.2, -0.15) is 0 Å². The lowest BCUT2D eigenvalue weighted by atomic mass is 9.99. The zero-order valence-electron chi connectivity index (χ0n) is 12.7. The van der Waals surface area contributed by atoms with Crippen molar-refractivity contribution in [3.63, 3.8) is 0 Å². The molecule has 1 N–H and O–H groups in total. The predicted molar refractivity (Wildman–Crippen MR) is 83.2 cm³/mol. The molecule has 0 bridgehead atoms. The SMILES string of the molecule is COc1ccc2c(c1)CN(C(=O)c1ccc(C)[nH]c1=O)CC2. The number of methoxy groups -OCH3 is 1. The highest BCUT2D eigenvalue weighted by Gasteiger charge is 2.23. The van der Waals surface area contributed by atoms with Gasteiger partial charge in [0.25, 0.3) is 11.5 Å². The lowest BCUT2D eigenvalue weighted by molar-refractivity contribution is 0.0732. The van der Waals surface area contributed by atoms with E-state index < -0.39 is 0 Å². The number of benzene rings is 1. The third-order valence-electron chi connectivity index (χ3n) is 4.00. The molecule has 0 saturated heterocycles. The second-order valence-corrected chi connectivity index (χ2v) is 5.50. The van der Waals surface area contributed by atoms with Gasteiger partial charge in [0.1, 0.15) is 11.3 Å². The number of pyridine rings is 1. The first-order valence-electron chi connectivity index (χ1n) is 7.23. The van der Waals surface area contributed by atoms with Crippen molar-refractivity contribution in [1.29, 1.82) is 0 Å². The number of hydrogen-bond donors (Lipinski definition) is 1. The highest BCUT2D eigenvalue weighted by atomic mass is 16.5. The molecule has 2 heterocycles. The van der Waals surface area contributed by atoms with Gasteiger partial charge in [-0.15, -0.1) is 0 Å². The Hall–Kier alpha value is -2.56. The van der Waals surface area contributed by atoms with E-state index >= 15 is 0 Å². The molecular weight excluding hydrogens is 280 g/mol. The number of carbonyl (C=O) groups excluding carboxylic acids is 1. The number of carbonyl (C=O) groups is 1. The quantitative estimate of drug-likeness (QED) is 0.921. The summed E-state index contributed by atoms with van der Waals surface area (Å²) in [5, 5.41) is 0. The van der Waals surface area contributed by atoms with Gasteiger partial charge in [0.05, 0.1) is 7.11 Å². The molecule has 0 saturated carbocycles. The van der Waals surface area contributed by atoms with Gasteiger partial charge in [-0.1, -0.05) is 6.07 Å². The van der Waals surface area contributed by atoms with Crippen LogP contribution in [-0.4, -0.2) is 29.4 Å². The summed E-state index contributed by atoms with van der Waals surface area (Å²) in [6, 6.07) is 9.26. The van der Waals surface area contributed by atoms with Crippen molar-refractivity contribution in [3.8, 4) is 5.75 Å². The molecule has 5 heteroatoms. The standard InChI is InChI=1S/C17H18N2O3/c1-11-3-6-15(16(20)18-11)17(21)19-8-7-12-4-5-14(22-2)9-13(12)10-19/h3-6,9H,7-8,10H2,1-2H3,(H,18,20). The number of fused-ring (bicyclic) bond motifs is 1. The summed E-state index contributed by atoms with van der Waals surface area (Å²) in [7, 11) is 1.62. The summed E-state index contributed by atoms with van der Waals surface area (Å²) >= 11 is 0. The predicted octanol–water partition coefficient (Wildman–Crippen LogP) is 1.89. The van der Waals surface area contributed by atoms with Gasteiger partial charge < -0.3 is 14.6 Å². The molecule has 114 valence electrons. The number of aromatic amines is 1. The molecule has 5 nitrogen and oxygen atoms in total. The fraction of sp³-hybridized carbons (Fsp3) is 0.294. The lowest BCUT2D eigenvalue weighted by Crippen LogP contribution is -2.38. The summed E-state index contributed by atoms with van der Waals surface area (Å²) < 4.78 is 5.23. The van der Waals surface area contributed by atoms with E-state index in [0.717, 1.165) is 23.4 Å². The van der Waals surface area contributed by atoms with Crippen LogP contribution in [0, 0.1) is 6.92 Å². The van der Waals surface area contributed by atoms with Crippen LogP contribution in [0.5, 0.6) is 5.75 Å². The van der Waals surface area contributed by atoms with Crippen molar-refractivity contribution in [2.24, 2.45) is 0 Å². The molecule has 1 amide bonds. The zero-order chi connectivity index (χ0) is 15.7. The van der Waals surface area contributed by atoms with Gasteiger partial charge in [0.2, 0.25) is 0 Å². The van der Waals surface area contributed by atoms with Gasteiger partial charge in [-0.05, 0) is 48.7 Å². The Balaban J connectivity index is 1.87. The second-order valence-electron chi connectivity index (χ2n) is 5.50. The molecule has 1 aliphatic heterocycles. The fourth-order valence-electron chi connectivity index (χ4n) is 2.74. The van der Waals surface area contributed by atoms with Gasteiger partial charge in [-0.25, -0.2) is 0 Å². The minimum atomic E-state index is -0.332. The molecule has 0 fully saturated rings. The van der Waals surface area contributed by atoms with Gasteiger partial charge in [-0.3, -0.25) is 9.59 Å². The highest BCUT2D eigenvalue weighted by Crippen LogP contribution is 2.24. The fourth-order valence-corrected chi connectivity index (χ4v) is 2.74. The van der Waals surface area contributed by atoms with Crippen molar-refractivity contribution < 1.29 is 9.53 Å². The Bertz CT molecular complexity index is 780. The van der Waals surface area contributed by atoms with Crippen LogP contribution in [-0.2, 0) is 13.0 Å². The number of hydrogen-bond acceptors (Lipinski definition) is 3. The van der Waals surface area contributed by atoms with Crippen LogP contribution in [0.1, 0.15) is 27.2 Å². The van der Waals surface area contributed by atoms with E-state index in [2.05, 4.69) is 4.98 Å². The van der Waals surface area contributed by atoms with E-state index in [-0.39, 0.29) is 17.0 Å². The van der Waals surface area contributed by atoms with Crippen molar-refractivity contribution in [3.05, 3.63) is 63.1 Å². The van der Waals surface area contributed by atoms with Crippen LogP contribution in [0.3, 0.4) is 0 Å². The number of aromatic nitrogens is 1. The minimum absolute atomic E-state index is 0.192. The average Bonchev–Trinajstić information content (AvgIpc) is 2.53. The van der Waals surface area contributed by atoms with Crippen LogP contribution in [0.4, 0.5) is 0 Å². The number of ether oxygens (including phenoxy) is 1. The first-order valence-corrected chi connectivity index (χ1v) is 7.23. The summed E-state index contributed by atoms with van der Waals surface area (Å²) in [5.74, 6) is 0.552. The Morgan fingerprint density at radius 3 is 2.77 bits per heavy atom. The molecule has 0 spiro atoms. The van der Waals surface area contributed by atoms with Crippen LogP contribution < -0.4 is 10.3 Å². The Morgan fingerprint density at radius 2 is 2.05 bits per heavy atom. The minimum Gasteiger partial charge on any atom is -0.497 e. The molecular formula is C17H18N2O3. The maximum Gasteiger partial charge on any atom is 0.260 e. The van der Waals surface area contributed by atoms with Crippen LogP contribution in [0.15, 0.2) is 35.1 Å². The number of amides is 1. The molecule has 0 atom stereocenters. The van der Waals surface area contributed by atoms with E-state index in [1.807, 2.05) is 18.2 Å². The normalized spacial score (nSPS) is 13.6. The van der Waals surface area contributed by atoms with Gasteiger partial charge in [0, 0.05) is 18.8 Å². The van der Waals surface area contributed by atoms with Gasteiger partial charge in [0.15, 0.2) is 0 Å². The molecule has 22 heavy (non-hydrogen) atoms. The number of nitrogens with one attached hydrogen (secondary N) is 1. The lowest BCUT2D eigenvalue weighted by Gasteiger charge is -2.29. The van der Waals surface area contributed by atoms with E-state index in [1.54, 1.807) is 31.1 Å². The molecule has 0 unspecified atom stereocenters. The molecule has 3 rings (SSSR count). The molecule has 0 radical (unpaired) electrons. The first kappa shape index (κ1) is 14.4. The van der Waals surface area contributed by atoms with Crippen molar-refractivity contribution in [1.82, 2.24) is 9.88 Å². The Kier molecular flexibility index (Phi) is 3.71. The van der Waals surface area contributed by atoms with Gasteiger partial charge >= 0.3 is 0 Å². The number of aryl methyl sites for hydroxylation is 1. The van der Waals surface area contributed by atoms with E-state index in [9.17, 15) is 9.59 Å². The second kappa shape index (κ2) is 5.67. The number of nitrogens with zero attached hydrogens (tertiary/aromatic N) is 1. The summed E-state index contributed by atoms with van der Waals surface area (Å²) in [5.41, 5.74) is 2.90. The van der Waals surface area contributed by atoms with Crippen molar-refractivity contribution in [2.75, 3.05) is 13.7 Å². The molecule has 1 aliphatic rings. The monoisotopic (exact) mass is 298 g/mol. The van der Waals surface area contributed by atoms with E-state index in [1.165, 1.54) is 5.56 Å². The maximum atomic E-state index is 12.6. The Labute approximate surface area is 128 Å². The average molecular weight is 298 g/mol. The Morgan fingerprint density at radius 1 is 1.23 bits per heavy atom. The molecule has 1 aromatic carbocycles. The van der Waals surface area contributed by atoms with Crippen molar-refractivity contribution in [2.45, 2.75) is 19.9 Å². The largest absolute Gasteiger partial charge is 0.497 e. The smallest absolute Gasteiger partial charge is 0.260 e. The summed E-state index contributed by atoms with van der Waals surface area (Å²) in [6.45, 7) is 2.91. The van der Waals surface area contributed by atoms with E-state index in [0.29, 0.717) is 13.1 Å². The third-order valence-corrected chi connectivity index (χ3v) is 4.00. The third kappa shape index (κ3) is 2.62. The topological polar surface area (TPSA) is 62.4 Å². The molecule has 2 aromatic rings. The highest BCUT2D eigenvalue weighted by molar-refractivity contribution is 5.94. The number of H-pyrrole nitrogens is 1.